The van der Waals surface area contributed by atoms with E-state index in [9.17, 15) is 14.0 Å². The SMILES string of the molecule is CCOc1ccc(C(C(=O)NC2CCCCC2)N(C(=O)c2ccccn2)c2ccc(F)cc2)cc1. The number of ether oxygens (including phenoxy) is 1. The summed E-state index contributed by atoms with van der Waals surface area (Å²) in [6.45, 7) is 2.42. The second kappa shape index (κ2) is 11.6. The highest BCUT2D eigenvalue weighted by Crippen LogP contribution is 2.31. The Labute approximate surface area is 205 Å². The lowest BCUT2D eigenvalue weighted by Gasteiger charge is -2.33. The molecule has 2 amide bonds. The van der Waals surface area contributed by atoms with E-state index < -0.39 is 17.8 Å². The molecular formula is C28H30FN3O3. The van der Waals surface area contributed by atoms with Crippen molar-refractivity contribution in [3.63, 3.8) is 0 Å². The molecule has 6 nitrogen and oxygen atoms in total. The Bertz CT molecular complexity index is 1110. The van der Waals surface area contributed by atoms with Crippen LogP contribution in [0.1, 0.15) is 61.1 Å². The summed E-state index contributed by atoms with van der Waals surface area (Å²) in [5, 5.41) is 3.17. The number of carbonyl (C=O) groups is 2. The van der Waals surface area contributed by atoms with E-state index in [1.807, 2.05) is 6.92 Å². The molecule has 1 aromatic heterocycles. The number of carbonyl (C=O) groups excluding carboxylic acids is 2. The normalized spacial score (nSPS) is 14.7. The van der Waals surface area contributed by atoms with Crippen LogP contribution in [-0.2, 0) is 4.79 Å². The van der Waals surface area contributed by atoms with E-state index in [-0.39, 0.29) is 17.6 Å². The molecule has 182 valence electrons. The van der Waals surface area contributed by atoms with Crippen molar-refractivity contribution in [1.29, 1.82) is 0 Å². The summed E-state index contributed by atoms with van der Waals surface area (Å²) in [6.07, 6.45) is 6.64. The van der Waals surface area contributed by atoms with Crippen molar-refractivity contribution in [2.24, 2.45) is 0 Å². The van der Waals surface area contributed by atoms with Gasteiger partial charge >= 0.3 is 0 Å². The number of nitrogens with one attached hydrogen (secondary N) is 1. The molecule has 1 fully saturated rings. The Morgan fingerprint density at radius 1 is 1.03 bits per heavy atom. The van der Waals surface area contributed by atoms with Crippen LogP contribution in [0.3, 0.4) is 0 Å². The molecule has 1 saturated carbocycles. The molecule has 1 aliphatic rings. The van der Waals surface area contributed by atoms with E-state index in [0.717, 1.165) is 32.1 Å². The zero-order valence-corrected chi connectivity index (χ0v) is 19.8. The molecule has 2 aromatic carbocycles. The predicted molar refractivity (Wildman–Crippen MR) is 133 cm³/mol. The molecule has 1 heterocycles. The van der Waals surface area contributed by atoms with E-state index in [0.29, 0.717) is 23.6 Å². The largest absolute Gasteiger partial charge is 0.494 e. The van der Waals surface area contributed by atoms with Gasteiger partial charge in [-0.05, 0) is 73.9 Å². The molecule has 0 bridgehead atoms. The van der Waals surface area contributed by atoms with Crippen LogP contribution in [0.4, 0.5) is 10.1 Å². The molecule has 3 aromatic rings. The van der Waals surface area contributed by atoms with Crippen LogP contribution >= 0.6 is 0 Å². The third-order valence-electron chi connectivity index (χ3n) is 6.17. The van der Waals surface area contributed by atoms with Crippen LogP contribution in [0.25, 0.3) is 0 Å². The second-order valence-electron chi connectivity index (χ2n) is 8.61. The molecule has 4 rings (SSSR count). The van der Waals surface area contributed by atoms with E-state index in [4.69, 9.17) is 4.74 Å². The standard InChI is InChI=1S/C28H30FN3O3/c1-2-35-24-17-11-20(12-18-24)26(27(33)31-22-8-4-3-5-9-22)32(23-15-13-21(29)14-16-23)28(34)25-10-6-7-19-30-25/h6-7,10-19,22,26H,2-5,8-9H2,1H3,(H,31,33). The number of amides is 2. The summed E-state index contributed by atoms with van der Waals surface area (Å²) in [4.78, 5) is 33.2. The first-order chi connectivity index (χ1) is 17.1. The average Bonchev–Trinajstić information content (AvgIpc) is 2.89. The van der Waals surface area contributed by atoms with Crippen LogP contribution in [0.2, 0.25) is 0 Å². The van der Waals surface area contributed by atoms with Gasteiger partial charge in [0, 0.05) is 17.9 Å². The first-order valence-electron chi connectivity index (χ1n) is 12.1. The maximum atomic E-state index is 13.8. The highest BCUT2D eigenvalue weighted by molar-refractivity contribution is 6.09. The molecule has 0 spiro atoms. The molecule has 1 atom stereocenters. The lowest BCUT2D eigenvalue weighted by Crippen LogP contribution is -2.47. The quantitative estimate of drug-likeness (QED) is 0.470. The van der Waals surface area contributed by atoms with E-state index in [2.05, 4.69) is 10.3 Å². The van der Waals surface area contributed by atoms with Crippen LogP contribution in [-0.4, -0.2) is 29.4 Å². The van der Waals surface area contributed by atoms with E-state index in [1.165, 1.54) is 35.4 Å². The van der Waals surface area contributed by atoms with Crippen LogP contribution < -0.4 is 15.0 Å². The molecule has 0 aliphatic heterocycles. The Balaban J connectivity index is 1.78. The lowest BCUT2D eigenvalue weighted by molar-refractivity contribution is -0.123. The Morgan fingerprint density at radius 3 is 2.37 bits per heavy atom. The number of hydrogen-bond donors (Lipinski definition) is 1. The van der Waals surface area contributed by atoms with Crippen molar-refractivity contribution in [3.05, 3.63) is 90.0 Å². The van der Waals surface area contributed by atoms with Crippen molar-refractivity contribution in [2.45, 2.75) is 51.1 Å². The van der Waals surface area contributed by atoms with Crippen molar-refractivity contribution >= 4 is 17.5 Å². The van der Waals surface area contributed by atoms with Gasteiger partial charge in [-0.1, -0.05) is 37.5 Å². The fourth-order valence-corrected chi connectivity index (χ4v) is 4.46. The van der Waals surface area contributed by atoms with E-state index in [1.54, 1.807) is 42.5 Å². The first-order valence-corrected chi connectivity index (χ1v) is 12.1. The number of pyridine rings is 1. The number of benzene rings is 2. The lowest BCUT2D eigenvalue weighted by atomic mass is 9.94. The van der Waals surface area contributed by atoms with Gasteiger partial charge in [0.05, 0.1) is 6.61 Å². The number of anilines is 1. The summed E-state index contributed by atoms with van der Waals surface area (Å²) < 4.78 is 19.3. The zero-order chi connectivity index (χ0) is 24.6. The summed E-state index contributed by atoms with van der Waals surface area (Å²) in [7, 11) is 0. The second-order valence-corrected chi connectivity index (χ2v) is 8.61. The highest BCUT2D eigenvalue weighted by Gasteiger charge is 2.35. The van der Waals surface area contributed by atoms with Gasteiger partial charge in [-0.15, -0.1) is 0 Å². The van der Waals surface area contributed by atoms with Gasteiger partial charge in [0.25, 0.3) is 5.91 Å². The first kappa shape index (κ1) is 24.4. The summed E-state index contributed by atoms with van der Waals surface area (Å²) in [6, 6.07) is 16.8. The molecule has 1 aliphatic carbocycles. The van der Waals surface area contributed by atoms with Gasteiger partial charge in [-0.3, -0.25) is 19.5 Å². The van der Waals surface area contributed by atoms with Crippen LogP contribution in [0.15, 0.2) is 72.9 Å². The van der Waals surface area contributed by atoms with Crippen molar-refractivity contribution in [2.75, 3.05) is 11.5 Å². The number of aromatic nitrogens is 1. The van der Waals surface area contributed by atoms with Gasteiger partial charge in [0.2, 0.25) is 5.91 Å². The van der Waals surface area contributed by atoms with E-state index >= 15 is 0 Å². The van der Waals surface area contributed by atoms with Gasteiger partial charge in [0.15, 0.2) is 0 Å². The Kier molecular flexibility index (Phi) is 8.08. The van der Waals surface area contributed by atoms with Crippen molar-refractivity contribution in [1.82, 2.24) is 10.3 Å². The fraction of sp³-hybridized carbons (Fsp3) is 0.321. The number of rotatable bonds is 8. The Morgan fingerprint density at radius 2 is 1.74 bits per heavy atom. The molecule has 0 saturated heterocycles. The smallest absolute Gasteiger partial charge is 0.277 e. The average molecular weight is 476 g/mol. The van der Waals surface area contributed by atoms with Gasteiger partial charge in [-0.2, -0.15) is 0 Å². The predicted octanol–water partition coefficient (Wildman–Crippen LogP) is 5.46. The molecule has 0 radical (unpaired) electrons. The Hall–Kier alpha value is -3.74. The van der Waals surface area contributed by atoms with Crippen molar-refractivity contribution < 1.29 is 18.7 Å². The van der Waals surface area contributed by atoms with Crippen molar-refractivity contribution in [3.8, 4) is 5.75 Å². The van der Waals surface area contributed by atoms with Gasteiger partial charge < -0.3 is 10.1 Å². The highest BCUT2D eigenvalue weighted by atomic mass is 19.1. The number of nitrogens with zero attached hydrogens (tertiary/aromatic N) is 2. The monoisotopic (exact) mass is 475 g/mol. The van der Waals surface area contributed by atoms with Crippen LogP contribution in [0.5, 0.6) is 5.75 Å². The minimum absolute atomic E-state index is 0.0569. The zero-order valence-electron chi connectivity index (χ0n) is 19.8. The summed E-state index contributed by atoms with van der Waals surface area (Å²) in [5.41, 5.74) is 1.22. The third-order valence-corrected chi connectivity index (χ3v) is 6.17. The molecule has 1 N–H and O–H groups in total. The topological polar surface area (TPSA) is 71.5 Å². The summed E-state index contributed by atoms with van der Waals surface area (Å²) >= 11 is 0. The summed E-state index contributed by atoms with van der Waals surface area (Å²) in [5.74, 6) is -0.486. The molecule has 35 heavy (non-hydrogen) atoms. The van der Waals surface area contributed by atoms with Gasteiger partial charge in [-0.25, -0.2) is 4.39 Å². The third kappa shape index (κ3) is 6.04. The minimum atomic E-state index is -0.979. The molecular weight excluding hydrogens is 445 g/mol. The number of halogens is 1. The van der Waals surface area contributed by atoms with Gasteiger partial charge in [0.1, 0.15) is 23.3 Å². The maximum Gasteiger partial charge on any atom is 0.277 e. The molecule has 1 unspecified atom stereocenters. The fourth-order valence-electron chi connectivity index (χ4n) is 4.46. The molecule has 7 heteroatoms. The van der Waals surface area contributed by atoms with Crippen LogP contribution in [0, 0.1) is 5.82 Å². The maximum absolute atomic E-state index is 13.8. The number of hydrogen-bond acceptors (Lipinski definition) is 4. The minimum Gasteiger partial charge on any atom is -0.494 e.